The summed E-state index contributed by atoms with van der Waals surface area (Å²) in [5.74, 6) is -1.57. The first kappa shape index (κ1) is 17.2. The number of hydrogen-bond acceptors (Lipinski definition) is 6. The molecule has 25 heavy (non-hydrogen) atoms. The Bertz CT molecular complexity index is 876. The van der Waals surface area contributed by atoms with Crippen LogP contribution in [0.4, 0.5) is 10.1 Å². The van der Waals surface area contributed by atoms with Crippen LogP contribution in [0, 0.1) is 5.82 Å². The highest BCUT2D eigenvalue weighted by molar-refractivity contribution is 7.20. The minimum absolute atomic E-state index is 0.162. The molecule has 3 aromatic rings. The Morgan fingerprint density at radius 3 is 2.64 bits per heavy atom. The molecule has 0 radical (unpaired) electrons. The van der Waals surface area contributed by atoms with Crippen LogP contribution in [0.5, 0.6) is 0 Å². The number of esters is 1. The van der Waals surface area contributed by atoms with Gasteiger partial charge in [-0.1, -0.05) is 6.07 Å². The highest BCUT2D eigenvalue weighted by Crippen LogP contribution is 2.28. The average Bonchev–Trinajstić information content (AvgIpc) is 3.28. The van der Waals surface area contributed by atoms with E-state index < -0.39 is 23.8 Å². The lowest BCUT2D eigenvalue weighted by atomic mass is 10.3. The normalized spacial score (nSPS) is 11.8. The maximum Gasteiger partial charge on any atom is 0.358 e. The molecular weight excluding hydrogens is 363 g/mol. The molecule has 2 aromatic heterocycles. The molecular formula is C17H13FN2O3S2. The predicted molar refractivity (Wildman–Crippen MR) is 95.3 cm³/mol. The van der Waals surface area contributed by atoms with Crippen molar-refractivity contribution in [3.63, 3.8) is 0 Å². The molecule has 0 aliphatic rings. The van der Waals surface area contributed by atoms with Gasteiger partial charge in [-0.2, -0.15) is 0 Å². The third kappa shape index (κ3) is 4.28. The van der Waals surface area contributed by atoms with Crippen molar-refractivity contribution >= 4 is 40.2 Å². The number of thiazole rings is 1. The first-order valence-corrected chi connectivity index (χ1v) is 9.05. The summed E-state index contributed by atoms with van der Waals surface area (Å²) >= 11 is 2.86. The lowest BCUT2D eigenvalue weighted by Crippen LogP contribution is -2.30. The van der Waals surface area contributed by atoms with Crippen LogP contribution in [0.25, 0.3) is 9.88 Å². The van der Waals surface area contributed by atoms with Crippen LogP contribution in [-0.4, -0.2) is 23.0 Å². The van der Waals surface area contributed by atoms with Gasteiger partial charge >= 0.3 is 5.97 Å². The van der Waals surface area contributed by atoms with E-state index in [1.807, 2.05) is 17.5 Å². The van der Waals surface area contributed by atoms with Gasteiger partial charge in [0.15, 0.2) is 11.8 Å². The number of carbonyl (C=O) groups excluding carboxylic acids is 2. The number of anilines is 1. The number of ether oxygens (including phenoxy) is 1. The van der Waals surface area contributed by atoms with Crippen molar-refractivity contribution in [3.05, 3.63) is 58.7 Å². The highest BCUT2D eigenvalue weighted by Gasteiger charge is 2.21. The summed E-state index contributed by atoms with van der Waals surface area (Å²) in [6.07, 6.45) is -1.01. The molecule has 128 valence electrons. The molecule has 2 heterocycles. The van der Waals surface area contributed by atoms with Crippen LogP contribution < -0.4 is 5.32 Å². The second kappa shape index (κ2) is 7.54. The van der Waals surface area contributed by atoms with E-state index in [9.17, 15) is 14.0 Å². The Morgan fingerprint density at radius 2 is 1.96 bits per heavy atom. The summed E-state index contributed by atoms with van der Waals surface area (Å²) in [6, 6.07) is 9.13. The van der Waals surface area contributed by atoms with Gasteiger partial charge in [0, 0.05) is 11.1 Å². The Morgan fingerprint density at radius 1 is 1.20 bits per heavy atom. The maximum atomic E-state index is 12.9. The molecule has 8 heteroatoms. The number of halogens is 1. The number of amides is 1. The van der Waals surface area contributed by atoms with Crippen LogP contribution in [-0.2, 0) is 9.53 Å². The van der Waals surface area contributed by atoms with E-state index in [1.54, 1.807) is 5.38 Å². The molecule has 0 aliphatic heterocycles. The second-order valence-corrected chi connectivity index (χ2v) is 6.86. The minimum atomic E-state index is -1.01. The topological polar surface area (TPSA) is 68.3 Å². The molecule has 0 spiro atoms. The van der Waals surface area contributed by atoms with Gasteiger partial charge < -0.3 is 10.1 Å². The number of nitrogens with one attached hydrogen (secondary N) is 1. The fourth-order valence-electron chi connectivity index (χ4n) is 1.93. The monoisotopic (exact) mass is 376 g/mol. The SMILES string of the molecule is C[C@@H](OC(=O)c1csc(-c2cccs2)n1)C(=O)Nc1ccc(F)cc1. The predicted octanol–water partition coefficient (Wildman–Crippen LogP) is 4.19. The first-order valence-electron chi connectivity index (χ1n) is 7.30. The number of thiophene rings is 1. The Balaban J connectivity index is 1.60. The van der Waals surface area contributed by atoms with Crippen LogP contribution >= 0.6 is 22.7 Å². The van der Waals surface area contributed by atoms with Gasteiger partial charge in [-0.05, 0) is 42.6 Å². The van der Waals surface area contributed by atoms with Crippen molar-refractivity contribution in [2.45, 2.75) is 13.0 Å². The van der Waals surface area contributed by atoms with Crippen molar-refractivity contribution < 1.29 is 18.7 Å². The molecule has 0 fully saturated rings. The van der Waals surface area contributed by atoms with Crippen molar-refractivity contribution in [2.75, 3.05) is 5.32 Å². The molecule has 1 N–H and O–H groups in total. The van der Waals surface area contributed by atoms with Crippen molar-refractivity contribution in [1.82, 2.24) is 4.98 Å². The van der Waals surface area contributed by atoms with Crippen molar-refractivity contribution in [2.24, 2.45) is 0 Å². The molecule has 1 atom stereocenters. The zero-order valence-electron chi connectivity index (χ0n) is 13.1. The summed E-state index contributed by atoms with van der Waals surface area (Å²) in [6.45, 7) is 1.46. The zero-order valence-corrected chi connectivity index (χ0v) is 14.7. The lowest BCUT2D eigenvalue weighted by Gasteiger charge is -2.12. The number of aromatic nitrogens is 1. The van der Waals surface area contributed by atoms with E-state index in [2.05, 4.69) is 10.3 Å². The van der Waals surface area contributed by atoms with Crippen LogP contribution in [0.15, 0.2) is 47.2 Å². The number of carbonyl (C=O) groups is 2. The number of hydrogen-bond donors (Lipinski definition) is 1. The first-order chi connectivity index (χ1) is 12.0. The molecule has 0 saturated carbocycles. The van der Waals surface area contributed by atoms with Crippen molar-refractivity contribution in [1.29, 1.82) is 0 Å². The van der Waals surface area contributed by atoms with Gasteiger partial charge in [0.05, 0.1) is 4.88 Å². The molecule has 0 bridgehead atoms. The quantitative estimate of drug-likeness (QED) is 0.678. The molecule has 1 amide bonds. The molecule has 5 nitrogen and oxygen atoms in total. The number of rotatable bonds is 5. The van der Waals surface area contributed by atoms with Crippen LogP contribution in [0.2, 0.25) is 0 Å². The van der Waals surface area contributed by atoms with E-state index in [-0.39, 0.29) is 5.69 Å². The van der Waals surface area contributed by atoms with E-state index in [4.69, 9.17) is 4.74 Å². The summed E-state index contributed by atoms with van der Waals surface area (Å²) < 4.78 is 18.0. The lowest BCUT2D eigenvalue weighted by molar-refractivity contribution is -0.123. The second-order valence-electron chi connectivity index (χ2n) is 5.06. The standard InChI is InChI=1S/C17H13FN2O3S2/c1-10(15(21)19-12-6-4-11(18)5-7-12)23-17(22)13-9-25-16(20-13)14-3-2-8-24-14/h2-10H,1H3,(H,19,21)/t10-/m1/s1. The third-order valence-electron chi connectivity index (χ3n) is 3.21. The third-order valence-corrected chi connectivity index (χ3v) is 5.09. The molecule has 0 saturated heterocycles. The summed E-state index contributed by atoms with van der Waals surface area (Å²) in [7, 11) is 0. The largest absolute Gasteiger partial charge is 0.448 e. The molecule has 0 aliphatic carbocycles. The fraction of sp³-hybridized carbons (Fsp3) is 0.118. The van der Waals surface area contributed by atoms with Gasteiger partial charge in [-0.3, -0.25) is 4.79 Å². The van der Waals surface area contributed by atoms with E-state index >= 15 is 0 Å². The Kier molecular flexibility index (Phi) is 5.20. The smallest absolute Gasteiger partial charge is 0.358 e. The number of nitrogens with zero attached hydrogens (tertiary/aromatic N) is 1. The Hall–Kier alpha value is -2.58. The van der Waals surface area contributed by atoms with E-state index in [0.717, 1.165) is 9.88 Å². The summed E-state index contributed by atoms with van der Waals surface area (Å²) in [4.78, 5) is 29.4. The Labute approximate surface area is 151 Å². The van der Waals surface area contributed by atoms with Gasteiger partial charge in [-0.25, -0.2) is 14.2 Å². The number of benzene rings is 1. The minimum Gasteiger partial charge on any atom is -0.448 e. The summed E-state index contributed by atoms with van der Waals surface area (Å²) in [5, 5.41) is 6.81. The molecule has 3 rings (SSSR count). The van der Waals surface area contributed by atoms with Crippen LogP contribution in [0.3, 0.4) is 0 Å². The molecule has 1 aromatic carbocycles. The highest BCUT2D eigenvalue weighted by atomic mass is 32.1. The summed E-state index contributed by atoms with van der Waals surface area (Å²) in [5.41, 5.74) is 0.581. The molecule has 0 unspecified atom stereocenters. The van der Waals surface area contributed by atoms with Gasteiger partial charge in [0.1, 0.15) is 10.8 Å². The van der Waals surface area contributed by atoms with Crippen LogP contribution in [0.1, 0.15) is 17.4 Å². The van der Waals surface area contributed by atoms with Gasteiger partial charge in [0.25, 0.3) is 5.91 Å². The van der Waals surface area contributed by atoms with Gasteiger partial charge in [-0.15, -0.1) is 22.7 Å². The average molecular weight is 376 g/mol. The van der Waals surface area contributed by atoms with E-state index in [1.165, 1.54) is 53.9 Å². The maximum absolute atomic E-state index is 12.9. The van der Waals surface area contributed by atoms with Gasteiger partial charge in [0.2, 0.25) is 0 Å². The fourth-order valence-corrected chi connectivity index (χ4v) is 3.54. The van der Waals surface area contributed by atoms with E-state index in [0.29, 0.717) is 5.69 Å². The van der Waals surface area contributed by atoms with Crippen molar-refractivity contribution in [3.8, 4) is 9.88 Å². The zero-order chi connectivity index (χ0) is 17.8.